The van der Waals surface area contributed by atoms with Crippen LogP contribution in [0, 0.1) is 5.92 Å². The van der Waals surface area contributed by atoms with Crippen LogP contribution in [0.3, 0.4) is 0 Å². The van der Waals surface area contributed by atoms with Crippen LogP contribution in [0.15, 0.2) is 0 Å². The first-order valence-electron chi connectivity index (χ1n) is 6.67. The van der Waals surface area contributed by atoms with E-state index < -0.39 is 0 Å². The van der Waals surface area contributed by atoms with Gasteiger partial charge in [0.15, 0.2) is 0 Å². The summed E-state index contributed by atoms with van der Waals surface area (Å²) in [5, 5.41) is 9.24. The number of rotatable bonds is 3. The van der Waals surface area contributed by atoms with Crippen LogP contribution in [0.2, 0.25) is 0 Å². The monoisotopic (exact) mass is 240 g/mol. The Labute approximate surface area is 103 Å². The van der Waals surface area contributed by atoms with E-state index in [9.17, 15) is 4.79 Å². The van der Waals surface area contributed by atoms with Gasteiger partial charge in [0.05, 0.1) is 0 Å². The zero-order valence-corrected chi connectivity index (χ0v) is 10.7. The molecule has 17 heavy (non-hydrogen) atoms. The summed E-state index contributed by atoms with van der Waals surface area (Å²) in [6.45, 7) is 5.04. The number of carbonyl (C=O) groups excluding carboxylic acids is 1. The van der Waals surface area contributed by atoms with Crippen molar-refractivity contribution in [2.45, 2.75) is 25.3 Å². The van der Waals surface area contributed by atoms with Gasteiger partial charge in [-0.15, -0.1) is 0 Å². The lowest BCUT2D eigenvalue weighted by Crippen LogP contribution is -2.45. The van der Waals surface area contributed by atoms with Crippen molar-refractivity contribution >= 4 is 6.03 Å². The summed E-state index contributed by atoms with van der Waals surface area (Å²) in [7, 11) is 2.16. The third-order valence-corrected chi connectivity index (χ3v) is 3.78. The van der Waals surface area contributed by atoms with Crippen LogP contribution >= 0.6 is 0 Å². The van der Waals surface area contributed by atoms with Gasteiger partial charge in [-0.25, -0.2) is 4.79 Å². The van der Waals surface area contributed by atoms with Crippen LogP contribution in [0.4, 0.5) is 4.79 Å². The predicted octanol–water partition coefficient (Wildman–Crippen LogP) is -0.0107. The van der Waals surface area contributed by atoms with Crippen LogP contribution in [0.1, 0.15) is 19.3 Å². The second-order valence-corrected chi connectivity index (χ2v) is 5.29. The number of hydrogen-bond acceptors (Lipinski definition) is 3. The fourth-order valence-corrected chi connectivity index (χ4v) is 2.52. The smallest absolute Gasteiger partial charge is 0.315 e. The third kappa shape index (κ3) is 4.16. The van der Waals surface area contributed by atoms with E-state index in [2.05, 4.69) is 27.9 Å². The summed E-state index contributed by atoms with van der Waals surface area (Å²) in [6, 6.07) is 0.310. The van der Waals surface area contributed by atoms with E-state index >= 15 is 0 Å². The minimum Gasteiger partial charge on any atom is -0.338 e. The normalized spacial score (nSPS) is 27.0. The molecule has 0 radical (unpaired) electrons. The van der Waals surface area contributed by atoms with E-state index in [0.29, 0.717) is 12.0 Å². The molecule has 1 unspecified atom stereocenters. The molecule has 0 aromatic rings. The summed E-state index contributed by atoms with van der Waals surface area (Å²) in [5.74, 6) is 0.652. The Kier molecular flexibility index (Phi) is 4.62. The molecule has 2 rings (SSSR count). The number of nitrogens with zero attached hydrogens (tertiary/aromatic N) is 1. The molecule has 1 atom stereocenters. The van der Waals surface area contributed by atoms with Gasteiger partial charge in [-0.2, -0.15) is 0 Å². The number of hydrogen-bond donors (Lipinski definition) is 3. The molecule has 5 heteroatoms. The van der Waals surface area contributed by atoms with Crippen molar-refractivity contribution in [3.63, 3.8) is 0 Å². The number of carbonyl (C=O) groups is 1. The lowest BCUT2D eigenvalue weighted by Gasteiger charge is -2.29. The van der Waals surface area contributed by atoms with E-state index in [1.807, 2.05) is 0 Å². The van der Waals surface area contributed by atoms with Crippen molar-refractivity contribution in [1.82, 2.24) is 20.9 Å². The third-order valence-electron chi connectivity index (χ3n) is 3.78. The average Bonchev–Trinajstić information content (AvgIpc) is 2.81. The summed E-state index contributed by atoms with van der Waals surface area (Å²) in [5.41, 5.74) is 0. The molecule has 5 nitrogen and oxygen atoms in total. The van der Waals surface area contributed by atoms with Crippen LogP contribution in [0.25, 0.3) is 0 Å². The van der Waals surface area contributed by atoms with Gasteiger partial charge in [-0.05, 0) is 51.9 Å². The van der Waals surface area contributed by atoms with E-state index in [1.165, 1.54) is 12.8 Å². The SMILES string of the molecule is CN1CCC(CNC(=O)NC2CCNC2)CC1. The Bertz CT molecular complexity index is 245. The molecule has 2 aliphatic rings. The van der Waals surface area contributed by atoms with Crippen molar-refractivity contribution in [2.24, 2.45) is 5.92 Å². The molecule has 0 bridgehead atoms. The van der Waals surface area contributed by atoms with E-state index in [4.69, 9.17) is 0 Å². The number of urea groups is 1. The average molecular weight is 240 g/mol. The van der Waals surface area contributed by atoms with Crippen LogP contribution < -0.4 is 16.0 Å². The maximum atomic E-state index is 11.6. The topological polar surface area (TPSA) is 56.4 Å². The van der Waals surface area contributed by atoms with E-state index in [1.54, 1.807) is 0 Å². The largest absolute Gasteiger partial charge is 0.338 e. The molecule has 2 amide bonds. The van der Waals surface area contributed by atoms with Crippen molar-refractivity contribution in [2.75, 3.05) is 39.8 Å². The predicted molar refractivity (Wildman–Crippen MR) is 68.0 cm³/mol. The van der Waals surface area contributed by atoms with Gasteiger partial charge in [0.2, 0.25) is 0 Å². The zero-order valence-electron chi connectivity index (χ0n) is 10.7. The Morgan fingerprint density at radius 1 is 1.35 bits per heavy atom. The maximum Gasteiger partial charge on any atom is 0.315 e. The van der Waals surface area contributed by atoms with Crippen molar-refractivity contribution in [1.29, 1.82) is 0 Å². The lowest BCUT2D eigenvalue weighted by atomic mass is 9.97. The highest BCUT2D eigenvalue weighted by atomic mass is 16.2. The summed E-state index contributed by atoms with van der Waals surface area (Å²) < 4.78 is 0. The second-order valence-electron chi connectivity index (χ2n) is 5.29. The molecule has 98 valence electrons. The summed E-state index contributed by atoms with van der Waals surface area (Å²) >= 11 is 0. The van der Waals surface area contributed by atoms with Crippen molar-refractivity contribution in [3.05, 3.63) is 0 Å². The standard InChI is InChI=1S/C12H24N4O/c1-16-6-3-10(4-7-16)8-14-12(17)15-11-2-5-13-9-11/h10-11,13H,2-9H2,1H3,(H2,14,15,17). The molecule has 2 aliphatic heterocycles. The lowest BCUT2D eigenvalue weighted by molar-refractivity contribution is 0.209. The molecule has 2 heterocycles. The Morgan fingerprint density at radius 3 is 2.76 bits per heavy atom. The van der Waals surface area contributed by atoms with Gasteiger partial charge in [-0.1, -0.05) is 0 Å². The molecular weight excluding hydrogens is 216 g/mol. The first-order chi connectivity index (χ1) is 8.24. The summed E-state index contributed by atoms with van der Waals surface area (Å²) in [6.07, 6.45) is 3.44. The minimum absolute atomic E-state index is 0.00220. The van der Waals surface area contributed by atoms with Gasteiger partial charge in [-0.3, -0.25) is 0 Å². The number of amides is 2. The van der Waals surface area contributed by atoms with Gasteiger partial charge >= 0.3 is 6.03 Å². The second kappa shape index (κ2) is 6.21. The Balaban J connectivity index is 1.59. The molecule has 2 saturated heterocycles. The molecule has 0 aromatic heterocycles. The number of likely N-dealkylation sites (tertiary alicyclic amines) is 1. The van der Waals surface area contributed by atoms with Crippen LogP contribution in [0.5, 0.6) is 0 Å². The highest BCUT2D eigenvalue weighted by Crippen LogP contribution is 2.14. The summed E-state index contributed by atoms with van der Waals surface area (Å²) in [4.78, 5) is 14.0. The number of nitrogens with one attached hydrogen (secondary N) is 3. The molecule has 0 aromatic carbocycles. The van der Waals surface area contributed by atoms with Crippen LogP contribution in [-0.4, -0.2) is 56.7 Å². The quantitative estimate of drug-likeness (QED) is 0.650. The van der Waals surface area contributed by atoms with Gasteiger partial charge in [0, 0.05) is 19.1 Å². The van der Waals surface area contributed by atoms with E-state index in [-0.39, 0.29) is 6.03 Å². The Hall–Kier alpha value is -0.810. The van der Waals surface area contributed by atoms with Gasteiger partial charge < -0.3 is 20.9 Å². The fourth-order valence-electron chi connectivity index (χ4n) is 2.52. The molecule has 0 saturated carbocycles. The zero-order chi connectivity index (χ0) is 12.1. The number of piperidine rings is 1. The molecule has 3 N–H and O–H groups in total. The first-order valence-corrected chi connectivity index (χ1v) is 6.67. The molecule has 0 aliphatic carbocycles. The van der Waals surface area contributed by atoms with Crippen molar-refractivity contribution in [3.8, 4) is 0 Å². The van der Waals surface area contributed by atoms with Crippen LogP contribution in [-0.2, 0) is 0 Å². The first kappa shape index (κ1) is 12.6. The highest BCUT2D eigenvalue weighted by molar-refractivity contribution is 5.74. The van der Waals surface area contributed by atoms with E-state index in [0.717, 1.165) is 39.1 Å². The maximum absolute atomic E-state index is 11.6. The Morgan fingerprint density at radius 2 is 2.12 bits per heavy atom. The molecule has 0 spiro atoms. The molecule has 2 fully saturated rings. The van der Waals surface area contributed by atoms with Crippen molar-refractivity contribution < 1.29 is 4.79 Å². The minimum atomic E-state index is -0.00220. The van der Waals surface area contributed by atoms with Gasteiger partial charge in [0.25, 0.3) is 0 Å². The fraction of sp³-hybridized carbons (Fsp3) is 0.917. The van der Waals surface area contributed by atoms with Gasteiger partial charge in [0.1, 0.15) is 0 Å². The highest BCUT2D eigenvalue weighted by Gasteiger charge is 2.19. The molecular formula is C12H24N4O.